The molecule has 5 nitrogen and oxygen atoms in total. The molecule has 2 rings (SSSR count). The van der Waals surface area contributed by atoms with Crippen molar-refractivity contribution >= 4 is 22.6 Å². The molecule has 0 amide bonds. The summed E-state index contributed by atoms with van der Waals surface area (Å²) in [7, 11) is 5.03. The maximum absolute atomic E-state index is 11.9. The van der Waals surface area contributed by atoms with Gasteiger partial charge in [0.15, 0.2) is 0 Å². The van der Waals surface area contributed by atoms with Gasteiger partial charge in [-0.3, -0.25) is 0 Å². The summed E-state index contributed by atoms with van der Waals surface area (Å²) in [4.78, 5) is 25.3. The summed E-state index contributed by atoms with van der Waals surface area (Å²) in [5, 5.41) is 0.727. The summed E-state index contributed by atoms with van der Waals surface area (Å²) in [6, 6.07) is 5.50. The van der Waals surface area contributed by atoms with Crippen molar-refractivity contribution in [2.24, 2.45) is 0 Å². The number of rotatable bonds is 2. The fraction of sp³-hybridized carbons (Fsp3) is 0.286. The van der Waals surface area contributed by atoms with Crippen molar-refractivity contribution in [2.45, 2.75) is 6.92 Å². The minimum absolute atomic E-state index is 0.0485. The number of esters is 1. The third-order valence-corrected chi connectivity index (χ3v) is 3.06. The second-order valence-electron chi connectivity index (χ2n) is 4.46. The zero-order valence-electron chi connectivity index (χ0n) is 11.3. The molecule has 1 heterocycles. The molecule has 1 aromatic carbocycles. The summed E-state index contributed by atoms with van der Waals surface area (Å²) in [5.41, 5.74) is 1.23. The molecule has 0 atom stereocenters. The summed E-state index contributed by atoms with van der Waals surface area (Å²) >= 11 is 0. The first-order chi connectivity index (χ1) is 8.95. The maximum Gasteiger partial charge on any atom is 0.351 e. The summed E-state index contributed by atoms with van der Waals surface area (Å²) in [6.45, 7) is 1.71. The van der Waals surface area contributed by atoms with Crippen LogP contribution < -0.4 is 10.5 Å². The number of anilines is 1. The van der Waals surface area contributed by atoms with Crippen LogP contribution in [0.1, 0.15) is 15.9 Å². The van der Waals surface area contributed by atoms with Crippen LogP contribution in [0.15, 0.2) is 27.4 Å². The Morgan fingerprint density at radius 2 is 2.00 bits per heavy atom. The van der Waals surface area contributed by atoms with Gasteiger partial charge in [-0.05, 0) is 24.6 Å². The molecule has 19 heavy (non-hydrogen) atoms. The normalized spacial score (nSPS) is 10.5. The van der Waals surface area contributed by atoms with Crippen molar-refractivity contribution in [3.8, 4) is 0 Å². The van der Waals surface area contributed by atoms with E-state index in [0.717, 1.165) is 11.1 Å². The van der Waals surface area contributed by atoms with Crippen LogP contribution in [0.5, 0.6) is 0 Å². The van der Waals surface area contributed by atoms with Gasteiger partial charge in [0, 0.05) is 31.2 Å². The predicted octanol–water partition coefficient (Wildman–Crippen LogP) is 1.95. The van der Waals surface area contributed by atoms with Gasteiger partial charge in [-0.1, -0.05) is 0 Å². The highest BCUT2D eigenvalue weighted by atomic mass is 16.5. The van der Waals surface area contributed by atoms with Crippen LogP contribution in [0.25, 0.3) is 11.0 Å². The highest BCUT2D eigenvalue weighted by Crippen LogP contribution is 2.24. The Bertz CT molecular complexity index is 700. The van der Waals surface area contributed by atoms with Crippen LogP contribution in [-0.2, 0) is 4.74 Å². The van der Waals surface area contributed by atoms with Gasteiger partial charge in [0.2, 0.25) is 0 Å². The quantitative estimate of drug-likeness (QED) is 0.611. The molecule has 0 fully saturated rings. The second kappa shape index (κ2) is 4.76. The Morgan fingerprint density at radius 3 is 2.58 bits per heavy atom. The fourth-order valence-electron chi connectivity index (χ4n) is 1.96. The van der Waals surface area contributed by atoms with Crippen LogP contribution in [0.3, 0.4) is 0 Å². The molecule has 100 valence electrons. The Morgan fingerprint density at radius 1 is 1.32 bits per heavy atom. The maximum atomic E-state index is 11.9. The number of hydrogen-bond acceptors (Lipinski definition) is 5. The molecule has 1 aromatic heterocycles. The standard InChI is InChI=1S/C14H15NO4/c1-8-10-6-5-9(15(2)3)7-11(10)19-14(17)12(8)13(16)18-4/h5-7H,1-4H3. The summed E-state index contributed by atoms with van der Waals surface area (Å²) in [6.07, 6.45) is 0. The van der Waals surface area contributed by atoms with Crippen LogP contribution in [0, 0.1) is 6.92 Å². The molecule has 2 aromatic rings. The average molecular weight is 261 g/mol. The van der Waals surface area contributed by atoms with E-state index in [-0.39, 0.29) is 5.56 Å². The van der Waals surface area contributed by atoms with Crippen molar-refractivity contribution in [3.05, 3.63) is 39.7 Å². The Labute approximate surface area is 110 Å². The lowest BCUT2D eigenvalue weighted by atomic mass is 10.1. The molecule has 0 aliphatic heterocycles. The molecule has 0 aliphatic rings. The topological polar surface area (TPSA) is 59.8 Å². The number of carbonyl (C=O) groups is 1. The first-order valence-corrected chi connectivity index (χ1v) is 5.78. The van der Waals surface area contributed by atoms with E-state index in [4.69, 9.17) is 4.42 Å². The molecular formula is C14H15NO4. The summed E-state index contributed by atoms with van der Waals surface area (Å²) < 4.78 is 9.81. The van der Waals surface area contributed by atoms with Crippen molar-refractivity contribution in [3.63, 3.8) is 0 Å². The summed E-state index contributed by atoms with van der Waals surface area (Å²) in [5.74, 6) is -0.676. The van der Waals surface area contributed by atoms with E-state index in [1.54, 1.807) is 13.0 Å². The van der Waals surface area contributed by atoms with Gasteiger partial charge in [-0.15, -0.1) is 0 Å². The van der Waals surface area contributed by atoms with Gasteiger partial charge >= 0.3 is 11.6 Å². The van der Waals surface area contributed by atoms with Gasteiger partial charge in [-0.2, -0.15) is 0 Å². The van der Waals surface area contributed by atoms with E-state index in [1.165, 1.54) is 7.11 Å². The van der Waals surface area contributed by atoms with Crippen LogP contribution in [-0.4, -0.2) is 27.2 Å². The van der Waals surface area contributed by atoms with Gasteiger partial charge < -0.3 is 14.1 Å². The molecule has 0 radical (unpaired) electrons. The predicted molar refractivity (Wildman–Crippen MR) is 72.9 cm³/mol. The zero-order valence-corrected chi connectivity index (χ0v) is 11.3. The lowest BCUT2D eigenvalue weighted by molar-refractivity contribution is 0.0595. The molecule has 0 N–H and O–H groups in total. The average Bonchev–Trinajstić information content (AvgIpc) is 2.37. The second-order valence-corrected chi connectivity index (χ2v) is 4.46. The van der Waals surface area contributed by atoms with E-state index >= 15 is 0 Å². The molecular weight excluding hydrogens is 246 g/mol. The lowest BCUT2D eigenvalue weighted by Crippen LogP contribution is -2.17. The molecule has 0 spiro atoms. The third-order valence-electron chi connectivity index (χ3n) is 3.06. The minimum atomic E-state index is -0.676. The van der Waals surface area contributed by atoms with Gasteiger partial charge in [0.25, 0.3) is 0 Å². The largest absolute Gasteiger partial charge is 0.465 e. The van der Waals surface area contributed by atoms with E-state index in [0.29, 0.717) is 11.1 Å². The van der Waals surface area contributed by atoms with Crippen LogP contribution in [0.2, 0.25) is 0 Å². The van der Waals surface area contributed by atoms with E-state index < -0.39 is 11.6 Å². The lowest BCUT2D eigenvalue weighted by Gasteiger charge is -2.13. The molecule has 0 unspecified atom stereocenters. The molecule has 0 bridgehead atoms. The highest BCUT2D eigenvalue weighted by Gasteiger charge is 2.19. The van der Waals surface area contributed by atoms with Gasteiger partial charge in [0.05, 0.1) is 7.11 Å². The number of nitrogens with zero attached hydrogens (tertiary/aromatic N) is 1. The Kier molecular flexibility index (Phi) is 3.29. The van der Waals surface area contributed by atoms with E-state index in [1.807, 2.05) is 31.1 Å². The number of methoxy groups -OCH3 is 1. The Hall–Kier alpha value is -2.30. The number of fused-ring (bicyclic) bond motifs is 1. The van der Waals surface area contributed by atoms with Gasteiger partial charge in [0.1, 0.15) is 11.1 Å². The number of aryl methyl sites for hydroxylation is 1. The molecule has 0 aliphatic carbocycles. The fourth-order valence-corrected chi connectivity index (χ4v) is 1.96. The minimum Gasteiger partial charge on any atom is -0.465 e. The van der Waals surface area contributed by atoms with Crippen LogP contribution in [0.4, 0.5) is 5.69 Å². The van der Waals surface area contributed by atoms with Crippen LogP contribution >= 0.6 is 0 Å². The zero-order chi connectivity index (χ0) is 14.2. The Balaban J connectivity index is 2.77. The van der Waals surface area contributed by atoms with Crippen molar-refractivity contribution in [1.82, 2.24) is 0 Å². The number of ether oxygens (including phenoxy) is 1. The number of carbonyl (C=O) groups excluding carboxylic acids is 1. The van der Waals surface area contributed by atoms with Crippen molar-refractivity contribution in [2.75, 3.05) is 26.1 Å². The molecule has 0 saturated carbocycles. The number of benzene rings is 1. The number of hydrogen-bond donors (Lipinski definition) is 0. The first kappa shape index (κ1) is 13.1. The van der Waals surface area contributed by atoms with E-state index in [2.05, 4.69) is 4.74 Å². The highest BCUT2D eigenvalue weighted by molar-refractivity contribution is 5.96. The molecule has 0 saturated heterocycles. The first-order valence-electron chi connectivity index (χ1n) is 5.78. The monoisotopic (exact) mass is 261 g/mol. The van der Waals surface area contributed by atoms with Gasteiger partial charge in [-0.25, -0.2) is 9.59 Å². The van der Waals surface area contributed by atoms with E-state index in [9.17, 15) is 9.59 Å². The smallest absolute Gasteiger partial charge is 0.351 e. The molecule has 5 heteroatoms. The SMILES string of the molecule is COC(=O)c1c(C)c2ccc(N(C)C)cc2oc1=O. The van der Waals surface area contributed by atoms with Crippen molar-refractivity contribution < 1.29 is 13.9 Å². The third kappa shape index (κ3) is 2.19. The van der Waals surface area contributed by atoms with Crippen molar-refractivity contribution in [1.29, 1.82) is 0 Å².